The molecule has 0 aliphatic carbocycles. The van der Waals surface area contributed by atoms with Crippen LogP contribution in [-0.4, -0.2) is 23.8 Å². The van der Waals surface area contributed by atoms with Gasteiger partial charge in [-0.15, -0.1) is 0 Å². The Bertz CT molecular complexity index is 845. The fraction of sp³-hybridized carbons (Fsp3) is 0.381. The highest BCUT2D eigenvalue weighted by atomic mass is 79.9. The topological polar surface area (TPSA) is 82.6 Å². The van der Waals surface area contributed by atoms with Crippen molar-refractivity contribution in [3.63, 3.8) is 0 Å². The summed E-state index contributed by atoms with van der Waals surface area (Å²) < 4.78 is 6.77. The van der Waals surface area contributed by atoms with E-state index in [1.165, 1.54) is 0 Å². The number of hydrogen-bond donors (Lipinski definition) is 4. The molecular weight excluding hydrogens is 422 g/mol. The summed E-state index contributed by atoms with van der Waals surface area (Å²) in [4.78, 5) is 12.2. The van der Waals surface area contributed by atoms with E-state index in [0.717, 1.165) is 21.3 Å². The van der Waals surface area contributed by atoms with Crippen molar-refractivity contribution in [2.24, 2.45) is 11.8 Å². The second-order valence-electron chi connectivity index (χ2n) is 7.24. The van der Waals surface area contributed by atoms with Crippen LogP contribution in [0.1, 0.15) is 36.6 Å². The summed E-state index contributed by atoms with van der Waals surface area (Å²) >= 11 is 3.46. The van der Waals surface area contributed by atoms with Crippen molar-refractivity contribution in [3.8, 4) is 5.75 Å². The standard InChI is InChI=1S/C21H24BrN3O3/c1-2-28-17-6-4-3-5-14(17)16-11-15(21(26)27)18-19(24-25-20(18)23-16)12-7-9-13(22)10-8-12/h3-10,15-16,18-20,23-25H,2,11H2,1H3,(H,26,27). The van der Waals surface area contributed by atoms with Crippen molar-refractivity contribution < 1.29 is 14.6 Å². The number of nitrogens with one attached hydrogen (secondary N) is 3. The summed E-state index contributed by atoms with van der Waals surface area (Å²) in [6.45, 7) is 2.52. The predicted octanol–water partition coefficient (Wildman–Crippen LogP) is 3.37. The Morgan fingerprint density at radius 3 is 2.64 bits per heavy atom. The Kier molecular flexibility index (Phi) is 5.68. The number of hydrogen-bond acceptors (Lipinski definition) is 5. The van der Waals surface area contributed by atoms with Crippen LogP contribution < -0.4 is 20.9 Å². The van der Waals surface area contributed by atoms with Gasteiger partial charge in [0, 0.05) is 22.0 Å². The molecule has 2 aromatic rings. The van der Waals surface area contributed by atoms with Crippen LogP contribution in [0.3, 0.4) is 0 Å². The van der Waals surface area contributed by atoms with Gasteiger partial charge in [-0.2, -0.15) is 0 Å². The fourth-order valence-corrected chi connectivity index (χ4v) is 4.66. The Morgan fingerprint density at radius 1 is 1.18 bits per heavy atom. The van der Waals surface area contributed by atoms with E-state index < -0.39 is 11.9 Å². The first-order chi connectivity index (χ1) is 13.6. The molecule has 0 radical (unpaired) electrons. The minimum atomic E-state index is -0.761. The van der Waals surface area contributed by atoms with Crippen molar-refractivity contribution in [1.82, 2.24) is 16.2 Å². The molecule has 0 bridgehead atoms. The molecule has 2 aliphatic rings. The van der Waals surface area contributed by atoms with Crippen LogP contribution in [0, 0.1) is 11.8 Å². The van der Waals surface area contributed by atoms with Gasteiger partial charge in [0.15, 0.2) is 0 Å². The van der Waals surface area contributed by atoms with Crippen LogP contribution in [0.15, 0.2) is 53.0 Å². The molecule has 4 rings (SSSR count). The van der Waals surface area contributed by atoms with E-state index in [-0.39, 0.29) is 24.2 Å². The number of halogens is 1. The molecule has 4 N–H and O–H groups in total. The molecule has 2 aromatic carbocycles. The second-order valence-corrected chi connectivity index (χ2v) is 8.16. The number of rotatable bonds is 5. The van der Waals surface area contributed by atoms with E-state index in [4.69, 9.17) is 4.74 Å². The Labute approximate surface area is 172 Å². The van der Waals surface area contributed by atoms with Gasteiger partial charge in [-0.3, -0.25) is 10.1 Å². The second kappa shape index (κ2) is 8.21. The van der Waals surface area contributed by atoms with E-state index in [0.29, 0.717) is 13.0 Å². The molecule has 5 unspecified atom stereocenters. The molecule has 0 spiro atoms. The third-order valence-electron chi connectivity index (χ3n) is 5.64. The number of carbonyl (C=O) groups is 1. The van der Waals surface area contributed by atoms with Gasteiger partial charge in [-0.05, 0) is 37.1 Å². The maximum absolute atomic E-state index is 12.2. The SMILES string of the molecule is CCOc1ccccc1C1CC(C(=O)O)C2C(NNC2c2ccc(Br)cc2)N1. The van der Waals surface area contributed by atoms with E-state index in [1.54, 1.807) is 0 Å². The molecule has 0 saturated carbocycles. The Hall–Kier alpha value is -1.93. The predicted molar refractivity (Wildman–Crippen MR) is 110 cm³/mol. The molecule has 0 amide bonds. The molecule has 7 heteroatoms. The number of benzene rings is 2. The maximum atomic E-state index is 12.2. The molecule has 2 heterocycles. The number of hydrazine groups is 1. The van der Waals surface area contributed by atoms with Crippen LogP contribution in [0.4, 0.5) is 0 Å². The van der Waals surface area contributed by atoms with E-state index in [1.807, 2.05) is 55.5 Å². The van der Waals surface area contributed by atoms with E-state index in [9.17, 15) is 9.90 Å². The molecule has 6 nitrogen and oxygen atoms in total. The van der Waals surface area contributed by atoms with Gasteiger partial charge in [0.2, 0.25) is 0 Å². The van der Waals surface area contributed by atoms with Gasteiger partial charge in [-0.25, -0.2) is 10.9 Å². The number of aliphatic carboxylic acids is 1. The summed E-state index contributed by atoms with van der Waals surface area (Å²) in [6.07, 6.45) is 0.361. The molecule has 5 atom stereocenters. The van der Waals surface area contributed by atoms with Crippen LogP contribution in [0.25, 0.3) is 0 Å². The van der Waals surface area contributed by atoms with Crippen molar-refractivity contribution in [1.29, 1.82) is 0 Å². The first-order valence-electron chi connectivity index (χ1n) is 9.55. The van der Waals surface area contributed by atoms with Crippen molar-refractivity contribution in [2.45, 2.75) is 31.6 Å². The lowest BCUT2D eigenvalue weighted by Crippen LogP contribution is -2.53. The zero-order valence-electron chi connectivity index (χ0n) is 15.6. The molecule has 148 valence electrons. The number of para-hydroxylation sites is 1. The molecule has 2 saturated heterocycles. The van der Waals surface area contributed by atoms with Crippen LogP contribution >= 0.6 is 15.9 Å². The van der Waals surface area contributed by atoms with Crippen molar-refractivity contribution in [2.75, 3.05) is 6.61 Å². The summed E-state index contributed by atoms with van der Waals surface area (Å²) in [5.74, 6) is -0.542. The lowest BCUT2D eigenvalue weighted by Gasteiger charge is -2.39. The van der Waals surface area contributed by atoms with Crippen molar-refractivity contribution in [3.05, 3.63) is 64.1 Å². The highest BCUT2D eigenvalue weighted by Crippen LogP contribution is 2.43. The molecule has 2 fully saturated rings. The first-order valence-corrected chi connectivity index (χ1v) is 10.3. The Balaban J connectivity index is 1.63. The largest absolute Gasteiger partial charge is 0.494 e. The zero-order valence-corrected chi connectivity index (χ0v) is 17.1. The summed E-state index contributed by atoms with van der Waals surface area (Å²) in [5.41, 5.74) is 8.67. The number of carboxylic acid groups (broad SMARTS) is 1. The lowest BCUT2D eigenvalue weighted by atomic mass is 9.74. The molecule has 0 aromatic heterocycles. The number of ether oxygens (including phenoxy) is 1. The van der Waals surface area contributed by atoms with Crippen LogP contribution in [-0.2, 0) is 4.79 Å². The zero-order chi connectivity index (χ0) is 19.7. The van der Waals surface area contributed by atoms with Crippen LogP contribution in [0.2, 0.25) is 0 Å². The Morgan fingerprint density at radius 2 is 1.93 bits per heavy atom. The average molecular weight is 446 g/mol. The minimum Gasteiger partial charge on any atom is -0.494 e. The van der Waals surface area contributed by atoms with Gasteiger partial charge in [-0.1, -0.05) is 46.3 Å². The number of fused-ring (bicyclic) bond motifs is 1. The lowest BCUT2D eigenvalue weighted by molar-refractivity contribution is -0.146. The third kappa shape index (κ3) is 3.67. The average Bonchev–Trinajstić information content (AvgIpc) is 3.12. The van der Waals surface area contributed by atoms with Gasteiger partial charge in [0.05, 0.1) is 24.7 Å². The molecule has 2 aliphatic heterocycles. The van der Waals surface area contributed by atoms with Gasteiger partial charge < -0.3 is 9.84 Å². The molecular formula is C21H24BrN3O3. The summed E-state index contributed by atoms with van der Waals surface area (Å²) in [6, 6.07) is 15.7. The van der Waals surface area contributed by atoms with E-state index >= 15 is 0 Å². The summed E-state index contributed by atoms with van der Waals surface area (Å²) in [5, 5.41) is 13.6. The summed E-state index contributed by atoms with van der Waals surface area (Å²) in [7, 11) is 0. The minimum absolute atomic E-state index is 0.0743. The van der Waals surface area contributed by atoms with Crippen molar-refractivity contribution >= 4 is 21.9 Å². The molecule has 28 heavy (non-hydrogen) atoms. The first kappa shape index (κ1) is 19.4. The monoisotopic (exact) mass is 445 g/mol. The highest BCUT2D eigenvalue weighted by Gasteiger charge is 2.49. The van der Waals surface area contributed by atoms with Gasteiger partial charge in [0.25, 0.3) is 0 Å². The normalized spacial score (nSPS) is 29.3. The van der Waals surface area contributed by atoms with Gasteiger partial charge in [0.1, 0.15) is 5.75 Å². The fourth-order valence-electron chi connectivity index (χ4n) is 4.39. The highest BCUT2D eigenvalue weighted by molar-refractivity contribution is 9.10. The van der Waals surface area contributed by atoms with E-state index in [2.05, 4.69) is 32.1 Å². The smallest absolute Gasteiger partial charge is 0.307 e. The maximum Gasteiger partial charge on any atom is 0.307 e. The van der Waals surface area contributed by atoms with Gasteiger partial charge >= 0.3 is 5.97 Å². The number of piperidine rings is 1. The third-order valence-corrected chi connectivity index (χ3v) is 6.17. The van der Waals surface area contributed by atoms with Crippen LogP contribution in [0.5, 0.6) is 5.75 Å². The number of carboxylic acids is 1. The quantitative estimate of drug-likeness (QED) is 0.564.